The number of carbonyl (C=O) groups is 1. The van der Waals surface area contributed by atoms with Crippen LogP contribution in [0.2, 0.25) is 0 Å². The largest absolute Gasteiger partial charge is 0.493 e. The van der Waals surface area contributed by atoms with Crippen molar-refractivity contribution in [2.45, 2.75) is 32.6 Å². The maximum Gasteiger partial charge on any atom is 0.227 e. The van der Waals surface area contributed by atoms with Gasteiger partial charge in [-0.05, 0) is 47.4 Å². The van der Waals surface area contributed by atoms with Crippen molar-refractivity contribution in [2.75, 3.05) is 43.1 Å². The van der Waals surface area contributed by atoms with E-state index < -0.39 is 0 Å². The summed E-state index contributed by atoms with van der Waals surface area (Å²) in [5.41, 5.74) is 3.34. The first-order valence-electron chi connectivity index (χ1n) is 9.88. The van der Waals surface area contributed by atoms with Crippen LogP contribution < -0.4 is 15.0 Å². The van der Waals surface area contributed by atoms with E-state index in [1.807, 2.05) is 36.4 Å². The van der Waals surface area contributed by atoms with Crippen molar-refractivity contribution in [3.63, 3.8) is 0 Å². The van der Waals surface area contributed by atoms with E-state index in [-0.39, 0.29) is 11.3 Å². The molecule has 150 valence electrons. The summed E-state index contributed by atoms with van der Waals surface area (Å²) in [6.07, 6.45) is 0.312. The second kappa shape index (κ2) is 9.11. The number of ether oxygens (including phenoxy) is 2. The van der Waals surface area contributed by atoms with Crippen molar-refractivity contribution in [1.29, 1.82) is 0 Å². The van der Waals surface area contributed by atoms with Crippen LogP contribution in [0, 0.1) is 0 Å². The van der Waals surface area contributed by atoms with Gasteiger partial charge in [-0.1, -0.05) is 32.9 Å². The second-order valence-corrected chi connectivity index (χ2v) is 8.07. The highest BCUT2D eigenvalue weighted by Gasteiger charge is 2.13. The number of carbonyl (C=O) groups excluding carboxylic acids is 1. The SMILES string of the molecule is CC(C)(C)c1ccc(OCCC(=O)Nc2ccc(N3CCOCC3)cc2)cc1. The van der Waals surface area contributed by atoms with Gasteiger partial charge in [0.05, 0.1) is 26.2 Å². The molecule has 1 amide bonds. The van der Waals surface area contributed by atoms with Gasteiger partial charge in [0.1, 0.15) is 5.75 Å². The molecule has 1 aliphatic heterocycles. The van der Waals surface area contributed by atoms with E-state index >= 15 is 0 Å². The van der Waals surface area contributed by atoms with Gasteiger partial charge in [0, 0.05) is 24.5 Å². The van der Waals surface area contributed by atoms with Crippen molar-refractivity contribution < 1.29 is 14.3 Å². The van der Waals surface area contributed by atoms with Gasteiger partial charge in [0.25, 0.3) is 0 Å². The number of hydrogen-bond donors (Lipinski definition) is 1. The van der Waals surface area contributed by atoms with Crippen molar-refractivity contribution in [3.05, 3.63) is 54.1 Å². The molecule has 0 saturated carbocycles. The average molecular weight is 383 g/mol. The number of amides is 1. The molecule has 1 fully saturated rings. The van der Waals surface area contributed by atoms with Crippen molar-refractivity contribution in [2.24, 2.45) is 0 Å². The summed E-state index contributed by atoms with van der Waals surface area (Å²) in [5.74, 6) is 0.737. The summed E-state index contributed by atoms with van der Waals surface area (Å²) in [6, 6.07) is 16.0. The minimum absolute atomic E-state index is 0.0505. The van der Waals surface area contributed by atoms with Gasteiger partial charge >= 0.3 is 0 Å². The number of morpholine rings is 1. The zero-order valence-corrected chi connectivity index (χ0v) is 17.0. The molecule has 0 radical (unpaired) electrons. The van der Waals surface area contributed by atoms with Crippen LogP contribution in [0.1, 0.15) is 32.8 Å². The van der Waals surface area contributed by atoms with Gasteiger partial charge in [-0.15, -0.1) is 0 Å². The number of nitrogens with zero attached hydrogens (tertiary/aromatic N) is 1. The van der Waals surface area contributed by atoms with Gasteiger partial charge in [0.2, 0.25) is 5.91 Å². The Morgan fingerprint density at radius 1 is 1.04 bits per heavy atom. The van der Waals surface area contributed by atoms with E-state index in [0.29, 0.717) is 13.0 Å². The first-order valence-corrected chi connectivity index (χ1v) is 9.88. The first-order chi connectivity index (χ1) is 13.4. The topological polar surface area (TPSA) is 50.8 Å². The van der Waals surface area contributed by atoms with Gasteiger partial charge in [-0.3, -0.25) is 4.79 Å². The smallest absolute Gasteiger partial charge is 0.227 e. The lowest BCUT2D eigenvalue weighted by molar-refractivity contribution is -0.116. The fraction of sp³-hybridized carbons (Fsp3) is 0.435. The lowest BCUT2D eigenvalue weighted by Crippen LogP contribution is -2.36. The van der Waals surface area contributed by atoms with E-state index in [0.717, 1.165) is 43.4 Å². The molecule has 1 heterocycles. The molecule has 0 aliphatic carbocycles. The Hall–Kier alpha value is -2.53. The van der Waals surface area contributed by atoms with Crippen LogP contribution in [0.15, 0.2) is 48.5 Å². The molecule has 3 rings (SSSR count). The molecule has 1 N–H and O–H groups in total. The molecule has 0 spiro atoms. The number of nitrogens with one attached hydrogen (secondary N) is 1. The number of anilines is 2. The number of benzene rings is 2. The van der Waals surface area contributed by atoms with Crippen LogP contribution in [-0.4, -0.2) is 38.8 Å². The molecule has 1 aliphatic rings. The third-order valence-electron chi connectivity index (χ3n) is 4.85. The van der Waals surface area contributed by atoms with Gasteiger partial charge < -0.3 is 19.7 Å². The molecule has 5 heteroatoms. The Kier molecular flexibility index (Phi) is 6.57. The molecule has 0 aromatic heterocycles. The average Bonchev–Trinajstić information content (AvgIpc) is 2.69. The molecule has 2 aromatic carbocycles. The Morgan fingerprint density at radius 3 is 2.29 bits per heavy atom. The van der Waals surface area contributed by atoms with Crippen LogP contribution in [0.5, 0.6) is 5.75 Å². The minimum Gasteiger partial charge on any atom is -0.493 e. The van der Waals surface area contributed by atoms with E-state index in [1.54, 1.807) is 0 Å². The van der Waals surface area contributed by atoms with E-state index in [1.165, 1.54) is 5.56 Å². The zero-order valence-electron chi connectivity index (χ0n) is 17.0. The quantitative estimate of drug-likeness (QED) is 0.812. The fourth-order valence-corrected chi connectivity index (χ4v) is 3.11. The summed E-state index contributed by atoms with van der Waals surface area (Å²) in [7, 11) is 0. The third-order valence-corrected chi connectivity index (χ3v) is 4.85. The van der Waals surface area contributed by atoms with Gasteiger partial charge in [-0.2, -0.15) is 0 Å². The molecular formula is C23H30N2O3. The molecular weight excluding hydrogens is 352 g/mol. The Balaban J connectivity index is 1.43. The van der Waals surface area contributed by atoms with Gasteiger partial charge in [0.15, 0.2) is 0 Å². The van der Waals surface area contributed by atoms with Crippen molar-refractivity contribution in [1.82, 2.24) is 0 Å². The van der Waals surface area contributed by atoms with Crippen LogP contribution in [0.3, 0.4) is 0 Å². The van der Waals surface area contributed by atoms with E-state index in [9.17, 15) is 4.79 Å². The highest BCUT2D eigenvalue weighted by Crippen LogP contribution is 2.24. The second-order valence-electron chi connectivity index (χ2n) is 8.07. The van der Waals surface area contributed by atoms with Crippen molar-refractivity contribution >= 4 is 17.3 Å². The molecule has 0 atom stereocenters. The summed E-state index contributed by atoms with van der Waals surface area (Å²) >= 11 is 0. The Morgan fingerprint density at radius 2 is 1.68 bits per heavy atom. The maximum atomic E-state index is 12.2. The van der Waals surface area contributed by atoms with E-state index in [4.69, 9.17) is 9.47 Å². The highest BCUT2D eigenvalue weighted by atomic mass is 16.5. The first kappa shape index (κ1) is 20.2. The monoisotopic (exact) mass is 382 g/mol. The summed E-state index contributed by atoms with van der Waals surface area (Å²) in [4.78, 5) is 14.4. The summed E-state index contributed by atoms with van der Waals surface area (Å²) in [6.45, 7) is 10.2. The van der Waals surface area contributed by atoms with Crippen LogP contribution >= 0.6 is 0 Å². The Labute approximate surface area is 167 Å². The molecule has 0 bridgehead atoms. The standard InChI is InChI=1S/C23H30N2O3/c1-23(2,3)18-4-10-21(11-5-18)28-15-12-22(26)24-19-6-8-20(9-7-19)25-13-16-27-17-14-25/h4-11H,12-17H2,1-3H3,(H,24,26). The summed E-state index contributed by atoms with van der Waals surface area (Å²) < 4.78 is 11.1. The normalized spacial score (nSPS) is 14.6. The lowest BCUT2D eigenvalue weighted by Gasteiger charge is -2.28. The fourth-order valence-electron chi connectivity index (χ4n) is 3.11. The molecule has 5 nitrogen and oxygen atoms in total. The minimum atomic E-state index is -0.0505. The highest BCUT2D eigenvalue weighted by molar-refractivity contribution is 5.90. The molecule has 0 unspecified atom stereocenters. The number of hydrogen-bond acceptors (Lipinski definition) is 4. The van der Waals surface area contributed by atoms with Crippen molar-refractivity contribution in [3.8, 4) is 5.75 Å². The van der Waals surface area contributed by atoms with E-state index in [2.05, 4.69) is 43.1 Å². The van der Waals surface area contributed by atoms with Gasteiger partial charge in [-0.25, -0.2) is 0 Å². The number of rotatable bonds is 6. The molecule has 28 heavy (non-hydrogen) atoms. The maximum absolute atomic E-state index is 12.2. The summed E-state index contributed by atoms with van der Waals surface area (Å²) in [5, 5.41) is 2.93. The third kappa shape index (κ3) is 5.73. The molecule has 2 aromatic rings. The zero-order chi connectivity index (χ0) is 20.0. The Bertz CT molecular complexity index is 758. The van der Waals surface area contributed by atoms with Crippen LogP contribution in [0.25, 0.3) is 0 Å². The van der Waals surface area contributed by atoms with Crippen LogP contribution in [-0.2, 0) is 14.9 Å². The lowest BCUT2D eigenvalue weighted by atomic mass is 9.87. The predicted octanol–water partition coefficient (Wildman–Crippen LogP) is 4.23. The predicted molar refractivity (Wildman–Crippen MR) is 113 cm³/mol. The molecule has 1 saturated heterocycles. The van der Waals surface area contributed by atoms with Crippen LogP contribution in [0.4, 0.5) is 11.4 Å².